The summed E-state index contributed by atoms with van der Waals surface area (Å²) in [6, 6.07) is 9.32. The second-order valence-corrected chi connectivity index (χ2v) is 8.36. The van der Waals surface area contributed by atoms with E-state index in [9.17, 15) is 4.79 Å². The molecule has 3 aromatic rings. The van der Waals surface area contributed by atoms with Crippen LogP contribution in [0.1, 0.15) is 12.0 Å². The second kappa shape index (κ2) is 6.71. The Morgan fingerprint density at radius 2 is 2.17 bits per heavy atom. The van der Waals surface area contributed by atoms with Crippen LogP contribution in [-0.2, 0) is 4.79 Å². The fourth-order valence-corrected chi connectivity index (χ4v) is 4.94. The van der Waals surface area contributed by atoms with Crippen molar-refractivity contribution in [1.82, 2.24) is 15.0 Å². The van der Waals surface area contributed by atoms with Crippen LogP contribution in [0, 0.1) is 29.1 Å². The molecular weight excluding hydrogens is 432 g/mol. The maximum absolute atomic E-state index is 12.1. The number of fused-ring (bicyclic) bond motifs is 3. The largest absolute Gasteiger partial charge is 0.378 e. The van der Waals surface area contributed by atoms with E-state index in [1.807, 2.05) is 12.1 Å². The van der Waals surface area contributed by atoms with Crippen molar-refractivity contribution < 1.29 is 4.79 Å². The average Bonchev–Trinajstić information content (AvgIpc) is 3.44. The number of primary amides is 1. The lowest BCUT2D eigenvalue weighted by Crippen LogP contribution is -2.41. The summed E-state index contributed by atoms with van der Waals surface area (Å²) in [4.78, 5) is 24.4. The summed E-state index contributed by atoms with van der Waals surface area (Å²) in [6.07, 6.45) is 6.90. The number of hydrogen-bond acceptors (Lipinski definition) is 5. The number of hydrogen-bond donors (Lipinski definition) is 3. The number of carbonyl (C=O) groups excluding carboxylic acids is 1. The number of anilines is 1. The van der Waals surface area contributed by atoms with E-state index in [1.54, 1.807) is 18.3 Å². The summed E-state index contributed by atoms with van der Waals surface area (Å²) >= 11 is 3.57. The third kappa shape index (κ3) is 2.89. The Morgan fingerprint density at radius 1 is 1.34 bits per heavy atom. The van der Waals surface area contributed by atoms with Gasteiger partial charge in [0.2, 0.25) is 5.91 Å². The summed E-state index contributed by atoms with van der Waals surface area (Å²) in [5.74, 6) is 0.568. The average molecular weight is 449 g/mol. The monoisotopic (exact) mass is 448 g/mol. The number of halogens is 1. The number of H-pyrrole nitrogens is 1. The fourth-order valence-electron chi connectivity index (χ4n) is 4.52. The number of nitrogens with one attached hydrogen (secondary N) is 2. The predicted molar refractivity (Wildman–Crippen MR) is 113 cm³/mol. The Kier molecular flexibility index (Phi) is 4.14. The highest BCUT2D eigenvalue weighted by Crippen LogP contribution is 2.46. The van der Waals surface area contributed by atoms with Crippen molar-refractivity contribution in [3.63, 3.8) is 0 Å². The Bertz CT molecular complexity index is 1210. The first-order valence-corrected chi connectivity index (χ1v) is 10.1. The Labute approximate surface area is 175 Å². The van der Waals surface area contributed by atoms with Crippen LogP contribution in [0.3, 0.4) is 0 Å². The number of amides is 1. The number of aromatic nitrogens is 3. The van der Waals surface area contributed by atoms with Crippen LogP contribution in [0.2, 0.25) is 0 Å². The number of nitriles is 1. The van der Waals surface area contributed by atoms with Crippen molar-refractivity contribution in [3.8, 4) is 17.5 Å². The third-order valence-electron chi connectivity index (χ3n) is 5.84. The summed E-state index contributed by atoms with van der Waals surface area (Å²) in [7, 11) is 0. The van der Waals surface area contributed by atoms with E-state index in [4.69, 9.17) is 11.0 Å². The van der Waals surface area contributed by atoms with Crippen LogP contribution in [0.5, 0.6) is 0 Å². The van der Waals surface area contributed by atoms with Gasteiger partial charge in [0.1, 0.15) is 11.3 Å². The molecule has 5 rings (SSSR count). The van der Waals surface area contributed by atoms with E-state index in [1.165, 1.54) is 0 Å². The number of rotatable bonds is 4. The molecule has 0 aliphatic heterocycles. The smallest absolute Gasteiger partial charge is 0.223 e. The minimum absolute atomic E-state index is 0.0712. The van der Waals surface area contributed by atoms with Crippen LogP contribution >= 0.6 is 15.9 Å². The molecule has 2 aromatic heterocycles. The molecule has 7 nitrogen and oxygen atoms in total. The van der Waals surface area contributed by atoms with Gasteiger partial charge in [0.25, 0.3) is 0 Å². The maximum atomic E-state index is 12.1. The highest BCUT2D eigenvalue weighted by atomic mass is 79.9. The molecule has 1 amide bonds. The van der Waals surface area contributed by atoms with E-state index < -0.39 is 0 Å². The van der Waals surface area contributed by atoms with Gasteiger partial charge in [0, 0.05) is 17.8 Å². The van der Waals surface area contributed by atoms with Crippen molar-refractivity contribution in [2.45, 2.75) is 12.5 Å². The van der Waals surface area contributed by atoms with E-state index in [-0.39, 0.29) is 29.7 Å². The normalized spacial score (nSPS) is 24.7. The number of benzene rings is 1. The molecule has 29 heavy (non-hydrogen) atoms. The van der Waals surface area contributed by atoms with Gasteiger partial charge in [-0.15, -0.1) is 0 Å². The van der Waals surface area contributed by atoms with Crippen LogP contribution in [-0.4, -0.2) is 26.9 Å². The molecule has 0 saturated heterocycles. The van der Waals surface area contributed by atoms with Crippen LogP contribution in [0.4, 0.5) is 5.69 Å². The molecule has 4 unspecified atom stereocenters. The number of nitrogens with two attached hydrogens (primary N) is 1. The topological polar surface area (TPSA) is 120 Å². The molecule has 4 N–H and O–H groups in total. The molecule has 0 radical (unpaired) electrons. The summed E-state index contributed by atoms with van der Waals surface area (Å²) in [6.45, 7) is 0. The van der Waals surface area contributed by atoms with Gasteiger partial charge in [0.15, 0.2) is 5.65 Å². The zero-order valence-electron chi connectivity index (χ0n) is 15.3. The van der Waals surface area contributed by atoms with E-state index in [0.717, 1.165) is 27.7 Å². The summed E-state index contributed by atoms with van der Waals surface area (Å²) < 4.78 is 0.779. The first-order valence-electron chi connectivity index (χ1n) is 9.34. The molecule has 2 bridgehead atoms. The van der Waals surface area contributed by atoms with Crippen molar-refractivity contribution in [2.75, 3.05) is 5.32 Å². The molecule has 4 atom stereocenters. The minimum Gasteiger partial charge on any atom is -0.378 e. The summed E-state index contributed by atoms with van der Waals surface area (Å²) in [5.41, 5.74) is 9.18. The number of aromatic amines is 1. The lowest BCUT2D eigenvalue weighted by molar-refractivity contribution is -0.122. The standard InChI is InChI=1S/C21H17BrN6O/c22-14-9-25-21-18(27-20(28-21)13-3-1-2-10(6-13)8-23)17(14)26-16-12-5-4-11(7-12)15(16)19(24)29/h1-6,9,11-12,15-16H,7H2,(H2,24,29)(H2,25,26,27,28). The van der Waals surface area contributed by atoms with Gasteiger partial charge in [-0.2, -0.15) is 5.26 Å². The van der Waals surface area contributed by atoms with Crippen molar-refractivity contribution in [1.29, 1.82) is 5.26 Å². The lowest BCUT2D eigenvalue weighted by Gasteiger charge is -2.28. The fraction of sp³-hybridized carbons (Fsp3) is 0.238. The Balaban J connectivity index is 1.57. The maximum Gasteiger partial charge on any atom is 0.223 e. The zero-order valence-corrected chi connectivity index (χ0v) is 16.8. The molecule has 1 saturated carbocycles. The molecular formula is C21H17BrN6O. The molecule has 0 spiro atoms. The molecule has 1 fully saturated rings. The lowest BCUT2D eigenvalue weighted by atomic mass is 9.88. The van der Waals surface area contributed by atoms with Crippen LogP contribution in [0.25, 0.3) is 22.6 Å². The highest BCUT2D eigenvalue weighted by molar-refractivity contribution is 9.10. The first-order chi connectivity index (χ1) is 14.0. The Hall–Kier alpha value is -3.18. The van der Waals surface area contributed by atoms with E-state index in [2.05, 4.69) is 54.4 Å². The van der Waals surface area contributed by atoms with Gasteiger partial charge >= 0.3 is 0 Å². The molecule has 144 valence electrons. The van der Waals surface area contributed by atoms with Crippen LogP contribution in [0.15, 0.2) is 47.1 Å². The molecule has 8 heteroatoms. The molecule has 1 aromatic carbocycles. The molecule has 2 aliphatic carbocycles. The third-order valence-corrected chi connectivity index (χ3v) is 6.44. The quantitative estimate of drug-likeness (QED) is 0.528. The predicted octanol–water partition coefficient (Wildman–Crippen LogP) is 3.35. The SMILES string of the molecule is N#Cc1cccc(-c2nc3ncc(Br)c(NC4C5C=CC(C5)C4C(N)=O)c3[nH]2)c1. The second-order valence-electron chi connectivity index (χ2n) is 7.50. The number of carbonyl (C=O) groups is 1. The van der Waals surface area contributed by atoms with Crippen molar-refractivity contribution >= 4 is 38.7 Å². The molecule has 2 aliphatic rings. The molecule has 2 heterocycles. The van der Waals surface area contributed by atoms with Crippen molar-refractivity contribution in [3.05, 3.63) is 52.7 Å². The zero-order chi connectivity index (χ0) is 20.1. The number of nitrogens with zero attached hydrogens (tertiary/aromatic N) is 3. The number of pyridine rings is 1. The van der Waals surface area contributed by atoms with E-state index >= 15 is 0 Å². The van der Waals surface area contributed by atoms with Gasteiger partial charge in [0.05, 0.1) is 27.7 Å². The van der Waals surface area contributed by atoms with Gasteiger partial charge in [-0.3, -0.25) is 4.79 Å². The van der Waals surface area contributed by atoms with Gasteiger partial charge < -0.3 is 16.0 Å². The van der Waals surface area contributed by atoms with Gasteiger partial charge in [-0.05, 0) is 46.3 Å². The number of imidazole rings is 1. The highest BCUT2D eigenvalue weighted by Gasteiger charge is 2.47. The first kappa shape index (κ1) is 17.9. The summed E-state index contributed by atoms with van der Waals surface area (Å²) in [5, 5.41) is 12.7. The van der Waals surface area contributed by atoms with Crippen molar-refractivity contribution in [2.24, 2.45) is 23.5 Å². The Morgan fingerprint density at radius 3 is 2.97 bits per heavy atom. The van der Waals surface area contributed by atoms with E-state index in [0.29, 0.717) is 17.0 Å². The van der Waals surface area contributed by atoms with Gasteiger partial charge in [-0.25, -0.2) is 9.97 Å². The minimum atomic E-state index is -0.278. The van der Waals surface area contributed by atoms with Gasteiger partial charge in [-0.1, -0.05) is 24.3 Å². The van der Waals surface area contributed by atoms with Crippen LogP contribution < -0.4 is 11.1 Å². The number of allylic oxidation sites excluding steroid dienone is 1.